The summed E-state index contributed by atoms with van der Waals surface area (Å²) in [5.74, 6) is -0.144. The molecule has 2 N–H and O–H groups in total. The zero-order valence-electron chi connectivity index (χ0n) is 18.5. The van der Waals surface area contributed by atoms with Gasteiger partial charge in [-0.15, -0.1) is 0 Å². The fraction of sp³-hybridized carbons (Fsp3) is 0.167. The molecular formula is C24H21F3N4O2S. The standard InChI is InChI=1S/C24H21F3N4O2S/c1-14-8-4-6-10-18(14)28-22-23(30-20-13-16(3)15(2)12-19(20)29-22)31-34(32,33)21-11-7-5-9-17(21)24(25,26)27/h4-13H,1-3H3,(H,28,29)(H,30,31). The van der Waals surface area contributed by atoms with Crippen LogP contribution in [0, 0.1) is 20.8 Å². The van der Waals surface area contributed by atoms with Crippen LogP contribution in [0.3, 0.4) is 0 Å². The second-order valence-corrected chi connectivity index (χ2v) is 9.54. The van der Waals surface area contributed by atoms with Gasteiger partial charge in [0.05, 0.1) is 21.5 Å². The monoisotopic (exact) mass is 486 g/mol. The van der Waals surface area contributed by atoms with Crippen LogP contribution in [-0.2, 0) is 16.2 Å². The zero-order chi connectivity index (χ0) is 24.7. The first kappa shape index (κ1) is 23.5. The minimum Gasteiger partial charge on any atom is -0.337 e. The Balaban J connectivity index is 1.87. The van der Waals surface area contributed by atoms with Crippen molar-refractivity contribution in [1.82, 2.24) is 9.97 Å². The quantitative estimate of drug-likeness (QED) is 0.355. The summed E-state index contributed by atoms with van der Waals surface area (Å²) >= 11 is 0. The van der Waals surface area contributed by atoms with Crippen molar-refractivity contribution in [3.05, 3.63) is 82.9 Å². The Morgan fingerprint density at radius 3 is 1.94 bits per heavy atom. The topological polar surface area (TPSA) is 84.0 Å². The number of para-hydroxylation sites is 1. The maximum Gasteiger partial charge on any atom is 0.417 e. The molecule has 0 saturated carbocycles. The summed E-state index contributed by atoms with van der Waals surface area (Å²) in [6, 6.07) is 14.8. The predicted octanol–water partition coefficient (Wildman–Crippen LogP) is 6.12. The number of nitrogens with one attached hydrogen (secondary N) is 2. The summed E-state index contributed by atoms with van der Waals surface area (Å²) in [6.07, 6.45) is -4.85. The van der Waals surface area contributed by atoms with E-state index in [-0.39, 0.29) is 11.6 Å². The molecule has 0 atom stereocenters. The van der Waals surface area contributed by atoms with Crippen LogP contribution in [0.2, 0.25) is 0 Å². The van der Waals surface area contributed by atoms with Crippen LogP contribution in [0.5, 0.6) is 0 Å². The molecule has 34 heavy (non-hydrogen) atoms. The molecule has 176 valence electrons. The number of sulfonamides is 1. The molecule has 6 nitrogen and oxygen atoms in total. The van der Waals surface area contributed by atoms with E-state index in [9.17, 15) is 21.6 Å². The average molecular weight is 487 g/mol. The van der Waals surface area contributed by atoms with Crippen LogP contribution in [0.1, 0.15) is 22.3 Å². The molecule has 0 radical (unpaired) electrons. The number of hydrogen-bond acceptors (Lipinski definition) is 5. The van der Waals surface area contributed by atoms with E-state index in [1.807, 2.05) is 39.0 Å². The van der Waals surface area contributed by atoms with Crippen molar-refractivity contribution in [2.75, 3.05) is 10.0 Å². The van der Waals surface area contributed by atoms with E-state index in [1.54, 1.807) is 18.2 Å². The van der Waals surface area contributed by atoms with Crippen molar-refractivity contribution in [2.45, 2.75) is 31.8 Å². The van der Waals surface area contributed by atoms with Gasteiger partial charge in [0, 0.05) is 5.69 Å². The maximum absolute atomic E-state index is 13.5. The van der Waals surface area contributed by atoms with Gasteiger partial charge in [0.25, 0.3) is 10.0 Å². The van der Waals surface area contributed by atoms with E-state index in [2.05, 4.69) is 20.0 Å². The molecule has 0 aliphatic carbocycles. The lowest BCUT2D eigenvalue weighted by atomic mass is 10.1. The summed E-state index contributed by atoms with van der Waals surface area (Å²) in [5, 5.41) is 3.06. The molecule has 0 bridgehead atoms. The molecule has 0 unspecified atom stereocenters. The highest BCUT2D eigenvalue weighted by atomic mass is 32.2. The molecule has 10 heteroatoms. The van der Waals surface area contributed by atoms with Gasteiger partial charge in [-0.05, 0) is 67.8 Å². The van der Waals surface area contributed by atoms with E-state index < -0.39 is 26.7 Å². The third-order valence-electron chi connectivity index (χ3n) is 5.39. The largest absolute Gasteiger partial charge is 0.417 e. The number of nitrogens with zero attached hydrogens (tertiary/aromatic N) is 2. The molecular weight excluding hydrogens is 465 g/mol. The van der Waals surface area contributed by atoms with Crippen LogP contribution < -0.4 is 10.0 Å². The molecule has 1 heterocycles. The number of benzene rings is 3. The number of alkyl halides is 3. The molecule has 0 aliphatic rings. The Labute approximate surface area is 194 Å². The molecule has 0 amide bonds. The molecule has 0 spiro atoms. The van der Waals surface area contributed by atoms with E-state index >= 15 is 0 Å². The summed E-state index contributed by atoms with van der Waals surface area (Å²) in [5.41, 5.74) is 3.04. The van der Waals surface area contributed by atoms with Gasteiger partial charge in [-0.25, -0.2) is 18.4 Å². The van der Waals surface area contributed by atoms with Crippen molar-refractivity contribution in [1.29, 1.82) is 0 Å². The maximum atomic E-state index is 13.5. The van der Waals surface area contributed by atoms with E-state index in [0.717, 1.165) is 34.9 Å². The number of rotatable bonds is 5. The van der Waals surface area contributed by atoms with Gasteiger partial charge in [-0.1, -0.05) is 30.3 Å². The van der Waals surface area contributed by atoms with Crippen molar-refractivity contribution >= 4 is 38.4 Å². The Morgan fingerprint density at radius 1 is 0.765 bits per heavy atom. The van der Waals surface area contributed by atoms with Gasteiger partial charge >= 0.3 is 6.18 Å². The molecule has 4 rings (SSSR count). The zero-order valence-corrected chi connectivity index (χ0v) is 19.3. The normalized spacial score (nSPS) is 12.1. The highest BCUT2D eigenvalue weighted by molar-refractivity contribution is 7.92. The summed E-state index contributed by atoms with van der Waals surface area (Å²) in [6.45, 7) is 5.64. The lowest BCUT2D eigenvalue weighted by molar-refractivity contribution is -0.139. The van der Waals surface area contributed by atoms with E-state index in [0.29, 0.717) is 16.7 Å². The third kappa shape index (κ3) is 4.67. The van der Waals surface area contributed by atoms with Gasteiger partial charge in [-0.2, -0.15) is 13.2 Å². The lowest BCUT2D eigenvalue weighted by Crippen LogP contribution is -2.20. The Bertz CT molecular complexity index is 1500. The second kappa shape index (κ2) is 8.60. The van der Waals surface area contributed by atoms with E-state index in [1.165, 1.54) is 6.07 Å². The summed E-state index contributed by atoms with van der Waals surface area (Å²) < 4.78 is 68.9. The van der Waals surface area contributed by atoms with Crippen LogP contribution in [0.25, 0.3) is 11.0 Å². The number of aryl methyl sites for hydroxylation is 3. The molecule has 0 saturated heterocycles. The lowest BCUT2D eigenvalue weighted by Gasteiger charge is -2.17. The fourth-order valence-electron chi connectivity index (χ4n) is 3.43. The molecule has 0 aliphatic heterocycles. The van der Waals surface area contributed by atoms with E-state index in [4.69, 9.17) is 0 Å². The molecule has 1 aromatic heterocycles. The molecule has 3 aromatic carbocycles. The molecule has 0 fully saturated rings. The molecule has 4 aromatic rings. The number of aromatic nitrogens is 2. The van der Waals surface area contributed by atoms with Gasteiger partial charge in [0.2, 0.25) is 0 Å². The number of anilines is 3. The highest BCUT2D eigenvalue weighted by Gasteiger charge is 2.37. The van der Waals surface area contributed by atoms with Gasteiger partial charge in [0.1, 0.15) is 0 Å². The van der Waals surface area contributed by atoms with Gasteiger partial charge in [0.15, 0.2) is 11.6 Å². The van der Waals surface area contributed by atoms with Crippen LogP contribution in [0.15, 0.2) is 65.6 Å². The average Bonchev–Trinajstić information content (AvgIpc) is 2.76. The Hall–Kier alpha value is -3.66. The highest BCUT2D eigenvalue weighted by Crippen LogP contribution is 2.35. The minimum absolute atomic E-state index is 0.0677. The van der Waals surface area contributed by atoms with Crippen LogP contribution in [0.4, 0.5) is 30.5 Å². The first-order valence-electron chi connectivity index (χ1n) is 10.3. The van der Waals surface area contributed by atoms with Gasteiger partial charge in [-0.3, -0.25) is 4.72 Å². The van der Waals surface area contributed by atoms with Crippen molar-refractivity contribution in [3.63, 3.8) is 0 Å². The van der Waals surface area contributed by atoms with Crippen molar-refractivity contribution in [2.24, 2.45) is 0 Å². The number of fused-ring (bicyclic) bond motifs is 1. The van der Waals surface area contributed by atoms with Crippen molar-refractivity contribution < 1.29 is 21.6 Å². The second-order valence-electron chi connectivity index (χ2n) is 7.89. The SMILES string of the molecule is Cc1cc2nc(Nc3ccccc3C)c(NS(=O)(=O)c3ccccc3C(F)(F)F)nc2cc1C. The number of halogens is 3. The Kier molecular flexibility index (Phi) is 5.94. The number of hydrogen-bond donors (Lipinski definition) is 2. The first-order valence-corrected chi connectivity index (χ1v) is 11.7. The fourth-order valence-corrected chi connectivity index (χ4v) is 4.67. The van der Waals surface area contributed by atoms with Crippen LogP contribution in [-0.4, -0.2) is 18.4 Å². The smallest absolute Gasteiger partial charge is 0.337 e. The summed E-state index contributed by atoms with van der Waals surface area (Å²) in [7, 11) is -4.65. The summed E-state index contributed by atoms with van der Waals surface area (Å²) in [4.78, 5) is 8.05. The first-order chi connectivity index (χ1) is 16.0. The van der Waals surface area contributed by atoms with Crippen molar-refractivity contribution in [3.8, 4) is 0 Å². The Morgan fingerprint density at radius 2 is 1.32 bits per heavy atom. The predicted molar refractivity (Wildman–Crippen MR) is 126 cm³/mol. The third-order valence-corrected chi connectivity index (χ3v) is 6.79. The minimum atomic E-state index is -4.85. The van der Waals surface area contributed by atoms with Gasteiger partial charge < -0.3 is 5.32 Å². The van der Waals surface area contributed by atoms with Crippen LogP contribution >= 0.6 is 0 Å².